The van der Waals surface area contributed by atoms with Crippen LogP contribution in [0, 0.1) is 6.92 Å². The van der Waals surface area contributed by atoms with Gasteiger partial charge in [-0.05, 0) is 49.4 Å². The van der Waals surface area contributed by atoms with Crippen molar-refractivity contribution in [3.8, 4) is 11.5 Å². The van der Waals surface area contributed by atoms with Crippen molar-refractivity contribution in [1.29, 1.82) is 0 Å². The fourth-order valence-corrected chi connectivity index (χ4v) is 3.17. The molecule has 6 nitrogen and oxygen atoms in total. The highest BCUT2D eigenvalue weighted by molar-refractivity contribution is 6.01. The van der Waals surface area contributed by atoms with E-state index in [1.807, 2.05) is 31.2 Å². The number of carbonyl (C=O) groups is 2. The molecule has 1 aliphatic rings. The van der Waals surface area contributed by atoms with Gasteiger partial charge in [0.1, 0.15) is 13.2 Å². The van der Waals surface area contributed by atoms with Gasteiger partial charge in [0.25, 0.3) is 0 Å². The number of fused-ring (bicyclic) bond motifs is 2. The minimum Gasteiger partial charge on any atom is -0.486 e. The van der Waals surface area contributed by atoms with E-state index in [1.165, 1.54) is 0 Å². The van der Waals surface area contributed by atoms with Crippen LogP contribution in [0.15, 0.2) is 42.5 Å². The molecule has 0 unspecified atom stereocenters. The van der Waals surface area contributed by atoms with Gasteiger partial charge in [0.2, 0.25) is 5.91 Å². The molecule has 1 aliphatic heterocycles. The lowest BCUT2D eigenvalue weighted by atomic mass is 10.1. The van der Waals surface area contributed by atoms with Gasteiger partial charge >= 0.3 is 0 Å². The average molecular weight is 364 g/mol. The zero-order valence-electron chi connectivity index (χ0n) is 15.0. The summed E-state index contributed by atoms with van der Waals surface area (Å²) in [7, 11) is 0. The van der Waals surface area contributed by atoms with Crippen molar-refractivity contribution in [3.05, 3.63) is 53.7 Å². The molecule has 0 fully saturated rings. The molecule has 2 N–H and O–H groups in total. The zero-order chi connectivity index (χ0) is 18.8. The number of H-pyrrole nitrogens is 1. The largest absolute Gasteiger partial charge is 0.486 e. The summed E-state index contributed by atoms with van der Waals surface area (Å²) in [6, 6.07) is 12.8. The molecule has 1 amide bonds. The molecular weight excluding hydrogens is 344 g/mol. The molecule has 0 saturated carbocycles. The molecular formula is C21H20N2O4. The number of anilines is 1. The lowest BCUT2D eigenvalue weighted by molar-refractivity contribution is -0.116. The summed E-state index contributed by atoms with van der Waals surface area (Å²) in [5.41, 5.74) is 3.34. The Morgan fingerprint density at radius 1 is 1.00 bits per heavy atom. The number of ketones is 1. The predicted molar refractivity (Wildman–Crippen MR) is 103 cm³/mol. The van der Waals surface area contributed by atoms with E-state index in [2.05, 4.69) is 10.3 Å². The van der Waals surface area contributed by atoms with Crippen molar-refractivity contribution in [2.45, 2.75) is 19.8 Å². The molecule has 3 aromatic rings. The average Bonchev–Trinajstić information content (AvgIpc) is 3.05. The first-order valence-electron chi connectivity index (χ1n) is 8.90. The van der Waals surface area contributed by atoms with Crippen LogP contribution in [0.25, 0.3) is 10.9 Å². The third kappa shape index (κ3) is 3.79. The Bertz CT molecular complexity index is 1020. The van der Waals surface area contributed by atoms with Gasteiger partial charge in [-0.2, -0.15) is 0 Å². The van der Waals surface area contributed by atoms with Crippen molar-refractivity contribution >= 4 is 28.3 Å². The van der Waals surface area contributed by atoms with Crippen molar-refractivity contribution in [1.82, 2.24) is 4.98 Å². The highest BCUT2D eigenvalue weighted by Crippen LogP contribution is 2.31. The van der Waals surface area contributed by atoms with E-state index < -0.39 is 0 Å². The number of aromatic amines is 1. The quantitative estimate of drug-likeness (QED) is 0.674. The van der Waals surface area contributed by atoms with Crippen LogP contribution in [0.2, 0.25) is 0 Å². The number of nitrogens with one attached hydrogen (secondary N) is 2. The highest BCUT2D eigenvalue weighted by atomic mass is 16.6. The Kier molecular flexibility index (Phi) is 4.54. The molecule has 6 heteroatoms. The number of benzene rings is 2. The van der Waals surface area contributed by atoms with Crippen molar-refractivity contribution in [2.75, 3.05) is 18.5 Å². The minimum absolute atomic E-state index is 0.0983. The fourth-order valence-electron chi connectivity index (χ4n) is 3.17. The van der Waals surface area contributed by atoms with Crippen molar-refractivity contribution in [3.63, 3.8) is 0 Å². The van der Waals surface area contributed by atoms with E-state index in [4.69, 9.17) is 9.47 Å². The number of rotatable bonds is 5. The Hall–Kier alpha value is -3.28. The summed E-state index contributed by atoms with van der Waals surface area (Å²) >= 11 is 0. The minimum atomic E-state index is -0.187. The van der Waals surface area contributed by atoms with Gasteiger partial charge in [-0.1, -0.05) is 0 Å². The maximum Gasteiger partial charge on any atom is 0.224 e. The highest BCUT2D eigenvalue weighted by Gasteiger charge is 2.16. The van der Waals surface area contributed by atoms with E-state index in [0.717, 1.165) is 22.3 Å². The van der Waals surface area contributed by atoms with Crippen LogP contribution in [0.5, 0.6) is 11.5 Å². The molecule has 0 spiro atoms. The number of aryl methyl sites for hydroxylation is 1. The van der Waals surface area contributed by atoms with Gasteiger partial charge in [0.15, 0.2) is 17.3 Å². The molecule has 2 heterocycles. The normalized spacial score (nSPS) is 12.8. The van der Waals surface area contributed by atoms with Gasteiger partial charge in [0.05, 0.1) is 0 Å². The molecule has 0 atom stereocenters. The Morgan fingerprint density at radius 2 is 1.81 bits per heavy atom. The second kappa shape index (κ2) is 7.15. The third-order valence-corrected chi connectivity index (χ3v) is 4.48. The van der Waals surface area contributed by atoms with E-state index in [0.29, 0.717) is 30.3 Å². The monoisotopic (exact) mass is 364 g/mol. The van der Waals surface area contributed by atoms with E-state index in [9.17, 15) is 9.59 Å². The summed E-state index contributed by atoms with van der Waals surface area (Å²) < 4.78 is 10.9. The lowest BCUT2D eigenvalue weighted by Gasteiger charge is -2.18. The standard InChI is InChI=1S/C21H20N2O4/c1-13-10-15-11-16(3-4-17(15)22-13)23-21(25)7-5-18(24)14-2-6-19-20(12-14)27-9-8-26-19/h2-4,6,10-12,22H,5,7-9H2,1H3,(H,23,25). The molecule has 138 valence electrons. The third-order valence-electron chi connectivity index (χ3n) is 4.48. The van der Waals surface area contributed by atoms with Gasteiger partial charge < -0.3 is 19.8 Å². The van der Waals surface area contributed by atoms with Crippen LogP contribution in [0.1, 0.15) is 28.9 Å². The molecule has 0 aliphatic carbocycles. The smallest absolute Gasteiger partial charge is 0.224 e. The van der Waals surface area contributed by atoms with Crippen LogP contribution >= 0.6 is 0 Å². The molecule has 0 radical (unpaired) electrons. The first kappa shape index (κ1) is 17.1. The van der Waals surface area contributed by atoms with Gasteiger partial charge in [-0.15, -0.1) is 0 Å². The van der Waals surface area contributed by atoms with Crippen molar-refractivity contribution in [2.24, 2.45) is 0 Å². The van der Waals surface area contributed by atoms with Crippen molar-refractivity contribution < 1.29 is 19.1 Å². The van der Waals surface area contributed by atoms with Gasteiger partial charge in [-0.3, -0.25) is 9.59 Å². The summed E-state index contributed by atoms with van der Waals surface area (Å²) in [6.45, 7) is 2.97. The number of Topliss-reactive ketones (excluding diaryl/α,β-unsaturated/α-hetero) is 1. The topological polar surface area (TPSA) is 80.4 Å². The van der Waals surface area contributed by atoms with Crippen LogP contribution in [0.3, 0.4) is 0 Å². The number of ether oxygens (including phenoxy) is 2. The van der Waals surface area contributed by atoms with Crippen LogP contribution in [-0.2, 0) is 4.79 Å². The van der Waals surface area contributed by atoms with Crippen LogP contribution in [0.4, 0.5) is 5.69 Å². The Morgan fingerprint density at radius 3 is 2.67 bits per heavy atom. The van der Waals surface area contributed by atoms with E-state index >= 15 is 0 Å². The molecule has 4 rings (SSSR count). The number of carbonyl (C=O) groups excluding carboxylic acids is 2. The summed E-state index contributed by atoms with van der Waals surface area (Å²) in [5.74, 6) is 0.934. The predicted octanol–water partition coefficient (Wildman–Crippen LogP) is 3.85. The molecule has 2 aromatic carbocycles. The van der Waals surface area contributed by atoms with Gasteiger partial charge in [0, 0.05) is 40.7 Å². The first-order chi connectivity index (χ1) is 13.1. The van der Waals surface area contributed by atoms with Crippen LogP contribution in [-0.4, -0.2) is 29.9 Å². The second-order valence-corrected chi connectivity index (χ2v) is 6.58. The maximum absolute atomic E-state index is 12.4. The van der Waals surface area contributed by atoms with Gasteiger partial charge in [-0.25, -0.2) is 0 Å². The SMILES string of the molecule is Cc1cc2cc(NC(=O)CCC(=O)c3ccc4c(c3)OCCO4)ccc2[nH]1. The van der Waals surface area contributed by atoms with Crippen LogP contribution < -0.4 is 14.8 Å². The fraction of sp³-hybridized carbons (Fsp3) is 0.238. The number of amides is 1. The molecule has 0 bridgehead atoms. The molecule has 1 aromatic heterocycles. The Balaban J connectivity index is 1.36. The first-order valence-corrected chi connectivity index (χ1v) is 8.90. The second-order valence-electron chi connectivity index (χ2n) is 6.58. The Labute approximate surface area is 156 Å². The maximum atomic E-state index is 12.4. The number of aromatic nitrogens is 1. The number of hydrogen-bond acceptors (Lipinski definition) is 4. The number of hydrogen-bond donors (Lipinski definition) is 2. The lowest BCUT2D eigenvalue weighted by Crippen LogP contribution is -2.16. The molecule has 0 saturated heterocycles. The van der Waals surface area contributed by atoms with E-state index in [-0.39, 0.29) is 24.5 Å². The zero-order valence-corrected chi connectivity index (χ0v) is 15.0. The van der Waals surface area contributed by atoms with E-state index in [1.54, 1.807) is 18.2 Å². The summed E-state index contributed by atoms with van der Waals surface area (Å²) in [6.07, 6.45) is 0.258. The summed E-state index contributed by atoms with van der Waals surface area (Å²) in [4.78, 5) is 27.8. The summed E-state index contributed by atoms with van der Waals surface area (Å²) in [5, 5.41) is 3.89. The molecule has 27 heavy (non-hydrogen) atoms.